The molecule has 6 heteroatoms. The van der Waals surface area contributed by atoms with Crippen LogP contribution >= 0.6 is 0 Å². The first-order valence-electron chi connectivity index (χ1n) is 6.86. The molecule has 0 aromatic heterocycles. The van der Waals surface area contributed by atoms with Gasteiger partial charge >= 0.3 is 0 Å². The summed E-state index contributed by atoms with van der Waals surface area (Å²) in [7, 11) is -2.11. The minimum Gasteiger partial charge on any atom is -0.504 e. The number of ketones is 1. The second kappa shape index (κ2) is 5.55. The summed E-state index contributed by atoms with van der Waals surface area (Å²) >= 11 is 0. The smallest absolute Gasteiger partial charge is 0.191 e. The van der Waals surface area contributed by atoms with E-state index in [1.165, 1.54) is 31.4 Å². The molecule has 2 aromatic carbocycles. The van der Waals surface area contributed by atoms with Crippen LogP contribution in [0.5, 0.6) is 11.5 Å². The third kappa shape index (κ3) is 2.73. The van der Waals surface area contributed by atoms with Crippen LogP contribution in [0.2, 0.25) is 0 Å². The van der Waals surface area contributed by atoms with Crippen LogP contribution < -0.4 is 4.74 Å². The Balaban J connectivity index is 2.08. The summed E-state index contributed by atoms with van der Waals surface area (Å²) < 4.78 is 29.6. The molecule has 1 N–H and O–H groups in total. The number of rotatable bonds is 2. The van der Waals surface area contributed by atoms with Gasteiger partial charge in [-0.05, 0) is 35.9 Å². The van der Waals surface area contributed by atoms with Crippen molar-refractivity contribution in [1.82, 2.24) is 0 Å². The van der Waals surface area contributed by atoms with Gasteiger partial charge in [0.2, 0.25) is 0 Å². The highest BCUT2D eigenvalue weighted by Gasteiger charge is 2.32. The van der Waals surface area contributed by atoms with Crippen LogP contribution in [-0.4, -0.2) is 32.2 Å². The summed E-state index contributed by atoms with van der Waals surface area (Å²) in [6.45, 7) is 0. The molecule has 1 heterocycles. The highest BCUT2D eigenvalue weighted by Crippen LogP contribution is 2.31. The number of carbonyl (C=O) groups excluding carboxylic acids is 1. The predicted octanol–water partition coefficient (Wildman–Crippen LogP) is 2.45. The van der Waals surface area contributed by atoms with E-state index in [0.717, 1.165) is 0 Å². The van der Waals surface area contributed by atoms with Gasteiger partial charge in [-0.2, -0.15) is 0 Å². The molecule has 2 aromatic rings. The van der Waals surface area contributed by atoms with Crippen LogP contribution in [0.15, 0.2) is 52.9 Å². The Morgan fingerprint density at radius 2 is 1.91 bits per heavy atom. The maximum Gasteiger partial charge on any atom is 0.191 e. The number of benzene rings is 2. The third-order valence-corrected chi connectivity index (χ3v) is 5.36. The molecule has 0 radical (unpaired) electrons. The van der Waals surface area contributed by atoms with Gasteiger partial charge in [0, 0.05) is 11.1 Å². The second-order valence-electron chi connectivity index (χ2n) is 5.19. The predicted molar refractivity (Wildman–Crippen MR) is 85.5 cm³/mol. The number of hydrogen-bond donors (Lipinski definition) is 1. The summed E-state index contributed by atoms with van der Waals surface area (Å²) in [6, 6.07) is 10.8. The number of fused-ring (bicyclic) bond motifs is 1. The van der Waals surface area contributed by atoms with Crippen LogP contribution in [0.4, 0.5) is 0 Å². The minimum absolute atomic E-state index is 0.0692. The van der Waals surface area contributed by atoms with Gasteiger partial charge in [0.15, 0.2) is 27.1 Å². The molecule has 23 heavy (non-hydrogen) atoms. The number of phenolic OH excluding ortho intramolecular Hbond substituents is 1. The Hall–Kier alpha value is -2.60. The summed E-state index contributed by atoms with van der Waals surface area (Å²) in [5.74, 6) is -0.436. The third-order valence-electron chi connectivity index (χ3n) is 3.65. The van der Waals surface area contributed by atoms with Crippen molar-refractivity contribution in [3.8, 4) is 11.5 Å². The fourth-order valence-electron chi connectivity index (χ4n) is 2.55. The number of aromatic hydroxyl groups is 1. The Morgan fingerprint density at radius 1 is 1.17 bits per heavy atom. The van der Waals surface area contributed by atoms with E-state index in [0.29, 0.717) is 11.3 Å². The molecule has 0 bridgehead atoms. The molecule has 0 amide bonds. The van der Waals surface area contributed by atoms with Crippen molar-refractivity contribution >= 4 is 21.7 Å². The van der Waals surface area contributed by atoms with E-state index in [1.807, 2.05) is 0 Å². The van der Waals surface area contributed by atoms with Gasteiger partial charge in [0.1, 0.15) is 0 Å². The van der Waals surface area contributed by atoms with Gasteiger partial charge < -0.3 is 9.84 Å². The number of hydrogen-bond acceptors (Lipinski definition) is 5. The van der Waals surface area contributed by atoms with E-state index in [9.17, 15) is 18.3 Å². The molecule has 0 atom stereocenters. The molecule has 118 valence electrons. The fraction of sp³-hybridized carbons (Fsp3) is 0.118. The van der Waals surface area contributed by atoms with Gasteiger partial charge in [0.05, 0.1) is 17.8 Å². The number of ether oxygens (including phenoxy) is 1. The second-order valence-corrected chi connectivity index (χ2v) is 7.14. The lowest BCUT2D eigenvalue weighted by atomic mass is 10.0. The monoisotopic (exact) mass is 330 g/mol. The van der Waals surface area contributed by atoms with Crippen LogP contribution in [0.25, 0.3) is 6.08 Å². The van der Waals surface area contributed by atoms with E-state index >= 15 is 0 Å². The SMILES string of the molecule is COc1ccc(C=C2CS(=O)(=O)c3ccccc3C2=O)cc1O. The first kappa shape index (κ1) is 15.3. The number of sulfone groups is 1. The lowest BCUT2D eigenvalue weighted by Crippen LogP contribution is -2.24. The molecule has 0 aliphatic carbocycles. The van der Waals surface area contributed by atoms with Gasteiger partial charge in [-0.1, -0.05) is 18.2 Å². The molecule has 0 fully saturated rings. The average Bonchev–Trinajstić information content (AvgIpc) is 2.52. The summed E-state index contributed by atoms with van der Waals surface area (Å²) in [4.78, 5) is 12.6. The van der Waals surface area contributed by atoms with Crippen molar-refractivity contribution in [3.05, 3.63) is 59.2 Å². The number of methoxy groups -OCH3 is 1. The van der Waals surface area contributed by atoms with E-state index in [1.54, 1.807) is 24.3 Å². The Kier molecular flexibility index (Phi) is 3.69. The maximum atomic E-state index is 12.5. The first-order valence-corrected chi connectivity index (χ1v) is 8.51. The Bertz CT molecular complexity index is 926. The van der Waals surface area contributed by atoms with Crippen molar-refractivity contribution < 1.29 is 23.1 Å². The Morgan fingerprint density at radius 3 is 2.61 bits per heavy atom. The largest absolute Gasteiger partial charge is 0.504 e. The molecule has 0 saturated heterocycles. The molecule has 3 rings (SSSR count). The molecule has 1 aliphatic heterocycles. The van der Waals surface area contributed by atoms with Crippen LogP contribution in [0, 0.1) is 0 Å². The average molecular weight is 330 g/mol. The molecule has 5 nitrogen and oxygen atoms in total. The fourth-order valence-corrected chi connectivity index (χ4v) is 4.11. The highest BCUT2D eigenvalue weighted by molar-refractivity contribution is 7.91. The quantitative estimate of drug-likeness (QED) is 0.856. The molecule has 1 aliphatic rings. The normalized spacial score (nSPS) is 17.8. The number of phenols is 1. The van der Waals surface area contributed by atoms with Gasteiger partial charge in [-0.3, -0.25) is 4.79 Å². The van der Waals surface area contributed by atoms with E-state index in [-0.39, 0.29) is 33.3 Å². The maximum absolute atomic E-state index is 12.5. The van der Waals surface area contributed by atoms with Crippen LogP contribution in [0.1, 0.15) is 15.9 Å². The zero-order valence-corrected chi connectivity index (χ0v) is 13.1. The number of carbonyl (C=O) groups is 1. The van der Waals surface area contributed by atoms with E-state index in [4.69, 9.17) is 4.74 Å². The van der Waals surface area contributed by atoms with Gasteiger partial charge in [0.25, 0.3) is 0 Å². The molecule has 0 unspecified atom stereocenters. The van der Waals surface area contributed by atoms with Crippen molar-refractivity contribution in [2.75, 3.05) is 12.9 Å². The Labute approximate surface area is 133 Å². The van der Waals surface area contributed by atoms with Gasteiger partial charge in [-0.25, -0.2) is 8.42 Å². The van der Waals surface area contributed by atoms with Crippen molar-refractivity contribution in [2.45, 2.75) is 4.90 Å². The lowest BCUT2D eigenvalue weighted by molar-refractivity contribution is 0.103. The summed E-state index contributed by atoms with van der Waals surface area (Å²) in [5.41, 5.74) is 0.886. The molecular weight excluding hydrogens is 316 g/mol. The zero-order valence-electron chi connectivity index (χ0n) is 12.3. The molecule has 0 spiro atoms. The van der Waals surface area contributed by atoms with E-state index < -0.39 is 9.84 Å². The number of Topliss-reactive ketones (excluding diaryl/α,β-unsaturated/α-hetero) is 1. The zero-order chi connectivity index (χ0) is 16.6. The van der Waals surface area contributed by atoms with Crippen molar-refractivity contribution in [3.63, 3.8) is 0 Å². The molecular formula is C17H14O5S. The van der Waals surface area contributed by atoms with E-state index in [2.05, 4.69) is 0 Å². The lowest BCUT2D eigenvalue weighted by Gasteiger charge is -2.17. The summed E-state index contributed by atoms with van der Waals surface area (Å²) in [5, 5.41) is 9.79. The van der Waals surface area contributed by atoms with Crippen molar-refractivity contribution in [1.29, 1.82) is 0 Å². The van der Waals surface area contributed by atoms with Crippen LogP contribution in [-0.2, 0) is 9.84 Å². The highest BCUT2D eigenvalue weighted by atomic mass is 32.2. The molecule has 0 saturated carbocycles. The van der Waals surface area contributed by atoms with Crippen molar-refractivity contribution in [2.24, 2.45) is 0 Å². The minimum atomic E-state index is -3.54. The standard InChI is InChI=1S/C17H14O5S/c1-22-15-7-6-11(9-14(15)18)8-12-10-23(20,21)16-5-3-2-4-13(16)17(12)19/h2-9,18H,10H2,1H3. The first-order chi connectivity index (χ1) is 10.9. The van der Waals surface area contributed by atoms with Crippen LogP contribution in [0.3, 0.4) is 0 Å². The van der Waals surface area contributed by atoms with Gasteiger partial charge in [-0.15, -0.1) is 0 Å². The topological polar surface area (TPSA) is 80.7 Å². The summed E-state index contributed by atoms with van der Waals surface area (Å²) in [6.07, 6.45) is 1.48.